The number of likely N-dealkylation sites (N-methyl/N-ethyl adjacent to an activating group) is 1. The molecule has 0 bridgehead atoms. The fraction of sp³-hybridized carbons (Fsp3) is 0.0952. The third-order valence-electron chi connectivity index (χ3n) is 4.78. The summed E-state index contributed by atoms with van der Waals surface area (Å²) in [4.78, 5) is 12.8. The minimum Gasteiger partial charge on any atom is -0.505 e. The van der Waals surface area contributed by atoms with E-state index in [9.17, 15) is 18.3 Å². The smallest absolute Gasteiger partial charge is 0.276 e. The average Bonchev–Trinajstić information content (AvgIpc) is 2.66. The molecule has 0 fully saturated rings. The summed E-state index contributed by atoms with van der Waals surface area (Å²) in [5.41, 5.74) is 1.26. The molecule has 1 amide bonds. The summed E-state index contributed by atoms with van der Waals surface area (Å²) in [5.74, 6) is -1.07. The average molecular weight is 394 g/mol. The van der Waals surface area contributed by atoms with E-state index >= 15 is 0 Å². The van der Waals surface area contributed by atoms with Crippen molar-refractivity contribution in [2.45, 2.75) is 11.8 Å². The van der Waals surface area contributed by atoms with Crippen LogP contribution in [0.25, 0.3) is 16.5 Å². The zero-order valence-electron chi connectivity index (χ0n) is 15.3. The Morgan fingerprint density at radius 3 is 2.54 bits per heavy atom. The lowest BCUT2D eigenvalue weighted by Crippen LogP contribution is -2.37. The van der Waals surface area contributed by atoms with Crippen LogP contribution >= 0.6 is 0 Å². The van der Waals surface area contributed by atoms with E-state index in [1.54, 1.807) is 42.5 Å². The molecule has 0 aliphatic carbocycles. The topological polar surface area (TPSA) is 86.7 Å². The number of anilines is 1. The van der Waals surface area contributed by atoms with Crippen LogP contribution in [-0.4, -0.2) is 30.8 Å². The number of amides is 1. The van der Waals surface area contributed by atoms with Gasteiger partial charge in [0.25, 0.3) is 15.9 Å². The summed E-state index contributed by atoms with van der Waals surface area (Å²) in [7, 11) is -2.75. The number of nitrogens with zero attached hydrogens (tertiary/aromatic N) is 1. The Labute approximate surface area is 162 Å². The van der Waals surface area contributed by atoms with Crippen molar-refractivity contribution >= 4 is 38.1 Å². The summed E-state index contributed by atoms with van der Waals surface area (Å²) >= 11 is 0. The van der Waals surface area contributed by atoms with Crippen LogP contribution in [0, 0.1) is 6.92 Å². The monoisotopic (exact) mass is 394 g/mol. The Kier molecular flexibility index (Phi) is 4.12. The molecule has 1 aliphatic heterocycles. The van der Waals surface area contributed by atoms with E-state index in [1.165, 1.54) is 13.1 Å². The lowest BCUT2D eigenvalue weighted by molar-refractivity contribution is -0.113. The van der Waals surface area contributed by atoms with Gasteiger partial charge in [0.15, 0.2) is 11.5 Å². The van der Waals surface area contributed by atoms with Crippen molar-refractivity contribution in [1.29, 1.82) is 0 Å². The summed E-state index contributed by atoms with van der Waals surface area (Å²) < 4.78 is 27.2. The van der Waals surface area contributed by atoms with E-state index in [0.717, 1.165) is 15.3 Å². The van der Waals surface area contributed by atoms with Gasteiger partial charge >= 0.3 is 0 Å². The van der Waals surface area contributed by atoms with E-state index in [2.05, 4.69) is 5.32 Å². The second kappa shape index (κ2) is 6.38. The number of rotatable bonds is 2. The number of aliphatic hydroxyl groups excluding tert-OH is 1. The normalized spacial score (nSPS) is 15.4. The van der Waals surface area contributed by atoms with Gasteiger partial charge < -0.3 is 10.4 Å². The first-order valence-corrected chi connectivity index (χ1v) is 10.1. The first kappa shape index (κ1) is 18.1. The summed E-state index contributed by atoms with van der Waals surface area (Å²) in [6, 6.07) is 17.4. The van der Waals surface area contributed by atoms with Gasteiger partial charge in [-0.15, -0.1) is 0 Å². The van der Waals surface area contributed by atoms with E-state index in [4.69, 9.17) is 0 Å². The van der Waals surface area contributed by atoms with Gasteiger partial charge in [-0.05, 0) is 36.1 Å². The molecule has 1 heterocycles. The molecule has 0 saturated heterocycles. The molecule has 0 unspecified atom stereocenters. The lowest BCUT2D eigenvalue weighted by atomic mass is 10.0. The highest BCUT2D eigenvalue weighted by atomic mass is 32.2. The fourth-order valence-corrected chi connectivity index (χ4v) is 4.99. The van der Waals surface area contributed by atoms with E-state index in [0.29, 0.717) is 11.1 Å². The fourth-order valence-electron chi connectivity index (χ4n) is 3.40. The lowest BCUT2D eigenvalue weighted by Gasteiger charge is -2.29. The molecule has 7 heteroatoms. The molecule has 0 atom stereocenters. The number of aryl methyl sites for hydroxylation is 1. The van der Waals surface area contributed by atoms with Gasteiger partial charge in [0.1, 0.15) is 4.90 Å². The van der Waals surface area contributed by atoms with Gasteiger partial charge in [-0.3, -0.25) is 9.10 Å². The zero-order chi connectivity index (χ0) is 20.1. The van der Waals surface area contributed by atoms with Gasteiger partial charge in [0.2, 0.25) is 0 Å². The molecule has 0 saturated carbocycles. The molecule has 0 radical (unpaired) electrons. The van der Waals surface area contributed by atoms with Crippen molar-refractivity contribution in [3.05, 3.63) is 77.5 Å². The van der Waals surface area contributed by atoms with Crippen molar-refractivity contribution in [3.63, 3.8) is 0 Å². The van der Waals surface area contributed by atoms with Crippen molar-refractivity contribution in [2.75, 3.05) is 12.4 Å². The quantitative estimate of drug-likeness (QED) is 0.695. The minimum atomic E-state index is -4.02. The van der Waals surface area contributed by atoms with Crippen LogP contribution in [0.1, 0.15) is 11.1 Å². The number of nitrogens with one attached hydrogen (secondary N) is 1. The SMILES string of the molecule is Cc1cccc(NC(=O)C2=C(O)c3ccc4ccccc4c3S(=O)(=O)N2C)c1. The van der Waals surface area contributed by atoms with E-state index in [-0.39, 0.29) is 21.9 Å². The highest BCUT2D eigenvalue weighted by Crippen LogP contribution is 2.39. The van der Waals surface area contributed by atoms with Gasteiger partial charge in [0.05, 0.1) is 0 Å². The number of hydrogen-bond donors (Lipinski definition) is 2. The van der Waals surface area contributed by atoms with E-state index in [1.807, 2.05) is 19.1 Å². The maximum atomic E-state index is 13.2. The molecule has 1 aliphatic rings. The van der Waals surface area contributed by atoms with Crippen molar-refractivity contribution < 1.29 is 18.3 Å². The minimum absolute atomic E-state index is 0.00212. The van der Waals surface area contributed by atoms with Gasteiger partial charge in [-0.2, -0.15) is 0 Å². The Balaban J connectivity index is 1.89. The molecular weight excluding hydrogens is 376 g/mol. The van der Waals surface area contributed by atoms with Crippen LogP contribution in [-0.2, 0) is 14.8 Å². The second-order valence-corrected chi connectivity index (χ2v) is 8.56. The largest absolute Gasteiger partial charge is 0.505 e. The number of fused-ring (bicyclic) bond motifs is 3. The Morgan fingerprint density at radius 1 is 1.04 bits per heavy atom. The first-order chi connectivity index (χ1) is 13.3. The Bertz CT molecular complexity index is 1260. The van der Waals surface area contributed by atoms with Crippen molar-refractivity contribution in [1.82, 2.24) is 4.31 Å². The standard InChI is InChI=1S/C21H18N2O4S/c1-13-6-5-8-15(12-13)22-21(25)18-19(24)17-11-10-14-7-3-4-9-16(14)20(17)28(26,27)23(18)2/h3-12,24H,1-2H3,(H,22,25). The third kappa shape index (κ3) is 2.71. The van der Waals surface area contributed by atoms with Crippen LogP contribution in [0.15, 0.2) is 71.3 Å². The highest BCUT2D eigenvalue weighted by Gasteiger charge is 2.39. The number of sulfonamides is 1. The molecule has 6 nitrogen and oxygen atoms in total. The molecule has 0 aromatic heterocycles. The molecule has 2 N–H and O–H groups in total. The molecule has 0 spiro atoms. The maximum absolute atomic E-state index is 13.2. The van der Waals surface area contributed by atoms with Crippen molar-refractivity contribution in [3.8, 4) is 0 Å². The number of benzene rings is 3. The summed E-state index contributed by atoms with van der Waals surface area (Å²) in [6.07, 6.45) is 0. The van der Waals surface area contributed by atoms with Crippen LogP contribution in [0.3, 0.4) is 0 Å². The van der Waals surface area contributed by atoms with Crippen LogP contribution < -0.4 is 5.32 Å². The third-order valence-corrected chi connectivity index (χ3v) is 6.64. The summed E-state index contributed by atoms with van der Waals surface area (Å²) in [6.45, 7) is 1.88. The summed E-state index contributed by atoms with van der Waals surface area (Å²) in [5, 5.41) is 14.7. The van der Waals surface area contributed by atoms with Gasteiger partial charge in [-0.1, -0.05) is 42.5 Å². The van der Waals surface area contributed by atoms with Gasteiger partial charge in [0, 0.05) is 23.7 Å². The predicted molar refractivity (Wildman–Crippen MR) is 108 cm³/mol. The van der Waals surface area contributed by atoms with Crippen LogP contribution in [0.4, 0.5) is 5.69 Å². The number of hydrogen-bond acceptors (Lipinski definition) is 4. The molecular formula is C21H18N2O4S. The van der Waals surface area contributed by atoms with Crippen LogP contribution in [0.2, 0.25) is 0 Å². The molecule has 142 valence electrons. The Hall–Kier alpha value is -3.32. The number of aliphatic hydroxyl groups is 1. The second-order valence-electron chi connectivity index (χ2n) is 6.66. The number of carbonyl (C=O) groups excluding carboxylic acids is 1. The molecule has 3 aromatic rings. The zero-order valence-corrected chi connectivity index (χ0v) is 16.1. The van der Waals surface area contributed by atoms with Crippen LogP contribution in [0.5, 0.6) is 0 Å². The highest BCUT2D eigenvalue weighted by molar-refractivity contribution is 7.89. The maximum Gasteiger partial charge on any atom is 0.276 e. The Morgan fingerprint density at radius 2 is 1.79 bits per heavy atom. The molecule has 4 rings (SSSR count). The van der Waals surface area contributed by atoms with Crippen molar-refractivity contribution in [2.24, 2.45) is 0 Å². The number of carbonyl (C=O) groups is 1. The van der Waals surface area contributed by atoms with Gasteiger partial charge in [-0.25, -0.2) is 8.42 Å². The predicted octanol–water partition coefficient (Wildman–Crippen LogP) is 3.65. The van der Waals surface area contributed by atoms with E-state index < -0.39 is 15.9 Å². The first-order valence-electron chi connectivity index (χ1n) is 8.63. The molecule has 3 aromatic carbocycles. The molecule has 28 heavy (non-hydrogen) atoms.